The molecule has 0 spiro atoms. The van der Waals surface area contributed by atoms with Gasteiger partial charge >= 0.3 is 0 Å². The predicted octanol–water partition coefficient (Wildman–Crippen LogP) is 4.06. The molecule has 0 aromatic heterocycles. The van der Waals surface area contributed by atoms with Gasteiger partial charge in [0.25, 0.3) is 0 Å². The number of methoxy groups -OCH3 is 2. The first-order valence-corrected chi connectivity index (χ1v) is 6.28. The van der Waals surface area contributed by atoms with Crippen molar-refractivity contribution in [1.82, 2.24) is 0 Å². The van der Waals surface area contributed by atoms with Gasteiger partial charge in [0.2, 0.25) is 0 Å². The van der Waals surface area contributed by atoms with E-state index in [-0.39, 0.29) is 0 Å². The van der Waals surface area contributed by atoms with Crippen molar-refractivity contribution in [1.29, 1.82) is 0 Å². The smallest absolute Gasteiger partial charge is 0.161 e. The van der Waals surface area contributed by atoms with Crippen LogP contribution in [0.2, 0.25) is 0 Å². The van der Waals surface area contributed by atoms with E-state index in [9.17, 15) is 0 Å². The number of fused-ring (bicyclic) bond motifs is 1. The molecule has 0 bridgehead atoms. The molecule has 0 saturated heterocycles. The minimum Gasteiger partial charge on any atom is -0.493 e. The molecule has 0 N–H and O–H groups in total. The molecule has 0 aliphatic rings. The first-order valence-electron chi connectivity index (χ1n) is 6.28. The van der Waals surface area contributed by atoms with Gasteiger partial charge in [-0.3, -0.25) is 0 Å². The Bertz CT molecular complexity index is 544. The van der Waals surface area contributed by atoms with E-state index in [1.54, 1.807) is 14.2 Å². The Morgan fingerprint density at radius 2 is 1.50 bits per heavy atom. The fourth-order valence-corrected chi connectivity index (χ4v) is 2.22. The summed E-state index contributed by atoms with van der Waals surface area (Å²) in [7, 11) is 3.33. The second-order valence-corrected chi connectivity index (χ2v) is 4.99. The van der Waals surface area contributed by atoms with Crippen LogP contribution < -0.4 is 9.47 Å². The van der Waals surface area contributed by atoms with E-state index in [4.69, 9.17) is 9.47 Å². The van der Waals surface area contributed by atoms with Crippen molar-refractivity contribution in [2.24, 2.45) is 5.92 Å². The fraction of sp³-hybridized carbons (Fsp3) is 0.375. The van der Waals surface area contributed by atoms with Gasteiger partial charge in [-0.15, -0.1) is 0 Å². The molecule has 0 atom stereocenters. The molecule has 0 aliphatic carbocycles. The minimum atomic E-state index is 0.669. The molecule has 0 amide bonds. The summed E-state index contributed by atoms with van der Waals surface area (Å²) in [5.41, 5.74) is 1.37. The number of rotatable bonds is 4. The Morgan fingerprint density at radius 3 is 2.06 bits per heavy atom. The van der Waals surface area contributed by atoms with Crippen LogP contribution in [0.15, 0.2) is 30.3 Å². The van der Waals surface area contributed by atoms with Gasteiger partial charge in [-0.2, -0.15) is 0 Å². The summed E-state index contributed by atoms with van der Waals surface area (Å²) in [5.74, 6) is 2.23. The zero-order valence-corrected chi connectivity index (χ0v) is 11.5. The predicted molar refractivity (Wildman–Crippen MR) is 75.6 cm³/mol. The molecular formula is C16H20O2. The highest BCUT2D eigenvalue weighted by molar-refractivity contribution is 5.86. The summed E-state index contributed by atoms with van der Waals surface area (Å²) in [5, 5.41) is 2.38. The summed E-state index contributed by atoms with van der Waals surface area (Å²) in [6.45, 7) is 4.47. The third-order valence-corrected chi connectivity index (χ3v) is 3.05. The molecule has 2 rings (SSSR count). The Balaban J connectivity index is 2.49. The van der Waals surface area contributed by atoms with Crippen LogP contribution in [-0.4, -0.2) is 14.2 Å². The first-order chi connectivity index (χ1) is 8.63. The number of ether oxygens (including phenoxy) is 2. The Labute approximate surface area is 109 Å². The van der Waals surface area contributed by atoms with Crippen LogP contribution in [0, 0.1) is 5.92 Å². The van der Waals surface area contributed by atoms with E-state index in [0.717, 1.165) is 17.9 Å². The average Bonchev–Trinajstić information content (AvgIpc) is 2.36. The minimum absolute atomic E-state index is 0.669. The highest BCUT2D eigenvalue weighted by Crippen LogP contribution is 2.32. The summed E-state index contributed by atoms with van der Waals surface area (Å²) in [6.07, 6.45) is 1.10. The highest BCUT2D eigenvalue weighted by Gasteiger charge is 2.06. The quantitative estimate of drug-likeness (QED) is 0.807. The van der Waals surface area contributed by atoms with Crippen LogP contribution in [0.3, 0.4) is 0 Å². The SMILES string of the molecule is COc1cc2ccc(CC(C)C)cc2cc1OC. The maximum absolute atomic E-state index is 5.34. The number of hydrogen-bond donors (Lipinski definition) is 0. The Hall–Kier alpha value is -1.70. The normalized spacial score (nSPS) is 10.9. The lowest BCUT2D eigenvalue weighted by atomic mass is 9.99. The van der Waals surface area contributed by atoms with E-state index >= 15 is 0 Å². The highest BCUT2D eigenvalue weighted by atomic mass is 16.5. The lowest BCUT2D eigenvalue weighted by Gasteiger charge is -2.11. The fourth-order valence-electron chi connectivity index (χ4n) is 2.22. The van der Waals surface area contributed by atoms with Gasteiger partial charge in [-0.1, -0.05) is 32.0 Å². The van der Waals surface area contributed by atoms with Crippen LogP contribution in [0.1, 0.15) is 19.4 Å². The number of hydrogen-bond acceptors (Lipinski definition) is 2. The van der Waals surface area contributed by atoms with Crippen LogP contribution in [0.5, 0.6) is 11.5 Å². The molecule has 2 nitrogen and oxygen atoms in total. The zero-order valence-electron chi connectivity index (χ0n) is 11.5. The topological polar surface area (TPSA) is 18.5 Å². The van der Waals surface area contributed by atoms with Gasteiger partial charge in [0.05, 0.1) is 14.2 Å². The monoisotopic (exact) mass is 244 g/mol. The molecule has 2 heteroatoms. The first kappa shape index (κ1) is 12.7. The summed E-state index contributed by atoms with van der Waals surface area (Å²) >= 11 is 0. The van der Waals surface area contributed by atoms with Crippen molar-refractivity contribution in [3.8, 4) is 11.5 Å². The van der Waals surface area contributed by atoms with Gasteiger partial charge in [-0.05, 0) is 40.8 Å². The second-order valence-electron chi connectivity index (χ2n) is 4.99. The molecule has 0 radical (unpaired) electrons. The van der Waals surface area contributed by atoms with Gasteiger partial charge in [0, 0.05) is 0 Å². The van der Waals surface area contributed by atoms with Gasteiger partial charge in [-0.25, -0.2) is 0 Å². The molecule has 0 heterocycles. The Kier molecular flexibility index (Phi) is 3.75. The molecule has 0 saturated carbocycles. The van der Waals surface area contributed by atoms with Crippen molar-refractivity contribution in [2.45, 2.75) is 20.3 Å². The molecular weight excluding hydrogens is 224 g/mol. The van der Waals surface area contributed by atoms with Crippen molar-refractivity contribution < 1.29 is 9.47 Å². The molecule has 2 aromatic carbocycles. The molecule has 0 fully saturated rings. The number of benzene rings is 2. The summed E-state index contributed by atoms with van der Waals surface area (Å²) < 4.78 is 10.7. The standard InChI is InChI=1S/C16H20O2/c1-11(2)7-12-5-6-13-9-15(17-3)16(18-4)10-14(13)8-12/h5-6,8-11H,7H2,1-4H3. The summed E-state index contributed by atoms with van der Waals surface area (Å²) in [4.78, 5) is 0. The maximum atomic E-state index is 5.34. The zero-order chi connectivity index (χ0) is 13.1. The molecule has 96 valence electrons. The molecule has 0 aliphatic heterocycles. The second kappa shape index (κ2) is 5.30. The lowest BCUT2D eigenvalue weighted by Crippen LogP contribution is -1.94. The molecule has 18 heavy (non-hydrogen) atoms. The lowest BCUT2D eigenvalue weighted by molar-refractivity contribution is 0.356. The van der Waals surface area contributed by atoms with Crippen LogP contribution >= 0.6 is 0 Å². The van der Waals surface area contributed by atoms with E-state index < -0.39 is 0 Å². The summed E-state index contributed by atoms with van der Waals surface area (Å²) in [6, 6.07) is 10.6. The van der Waals surface area contributed by atoms with Crippen LogP contribution in [-0.2, 0) is 6.42 Å². The Morgan fingerprint density at radius 1 is 0.889 bits per heavy atom. The maximum Gasteiger partial charge on any atom is 0.161 e. The largest absolute Gasteiger partial charge is 0.493 e. The molecule has 0 unspecified atom stereocenters. The van der Waals surface area contributed by atoms with E-state index in [1.165, 1.54) is 16.3 Å². The molecule has 2 aromatic rings. The van der Waals surface area contributed by atoms with Gasteiger partial charge in [0.15, 0.2) is 11.5 Å². The third-order valence-electron chi connectivity index (χ3n) is 3.05. The van der Waals surface area contributed by atoms with Gasteiger partial charge in [0.1, 0.15) is 0 Å². The van der Waals surface area contributed by atoms with E-state index in [0.29, 0.717) is 5.92 Å². The van der Waals surface area contributed by atoms with E-state index in [2.05, 4.69) is 32.0 Å². The van der Waals surface area contributed by atoms with Crippen LogP contribution in [0.25, 0.3) is 10.8 Å². The van der Waals surface area contributed by atoms with Crippen LogP contribution in [0.4, 0.5) is 0 Å². The third kappa shape index (κ3) is 2.58. The van der Waals surface area contributed by atoms with Crippen molar-refractivity contribution >= 4 is 10.8 Å². The van der Waals surface area contributed by atoms with Gasteiger partial charge < -0.3 is 9.47 Å². The van der Waals surface area contributed by atoms with E-state index in [1.807, 2.05) is 12.1 Å². The average molecular weight is 244 g/mol. The van der Waals surface area contributed by atoms with Crippen molar-refractivity contribution in [3.05, 3.63) is 35.9 Å². The van der Waals surface area contributed by atoms with Crippen molar-refractivity contribution in [2.75, 3.05) is 14.2 Å². The van der Waals surface area contributed by atoms with Crippen molar-refractivity contribution in [3.63, 3.8) is 0 Å².